The molecule has 0 atom stereocenters. The van der Waals surface area contributed by atoms with E-state index in [1.54, 1.807) is 27.7 Å². The number of hydrogen-bond donors (Lipinski definition) is 0. The predicted octanol–water partition coefficient (Wildman–Crippen LogP) is 1.81. The molecule has 0 saturated heterocycles. The molecule has 0 aromatic carbocycles. The summed E-state index contributed by atoms with van der Waals surface area (Å²) in [6.45, 7) is 6.61. The van der Waals surface area contributed by atoms with Crippen LogP contribution in [-0.4, -0.2) is 17.7 Å². The van der Waals surface area contributed by atoms with E-state index in [2.05, 4.69) is 9.78 Å². The number of carbonyl (C=O) groups excluding carboxylic acids is 2. The minimum absolute atomic E-state index is 0.142. The molecule has 0 radical (unpaired) electrons. The second kappa shape index (κ2) is 4.69. The van der Waals surface area contributed by atoms with Gasteiger partial charge in [-0.2, -0.15) is 4.79 Å². The molecule has 0 unspecified atom stereocenters. The van der Waals surface area contributed by atoms with Crippen LogP contribution in [0.25, 0.3) is 0 Å². The molecule has 0 aliphatic heterocycles. The number of ether oxygens (including phenoxy) is 1. The molecule has 0 N–H and O–H groups in total. The Kier molecular flexibility index (Phi) is 4.23. The van der Waals surface area contributed by atoms with Crippen LogP contribution in [0.15, 0.2) is 0 Å². The Bertz CT molecular complexity index is 191. The van der Waals surface area contributed by atoms with E-state index in [-0.39, 0.29) is 6.42 Å². The monoisotopic (exact) mass is 190 g/mol. The maximum absolute atomic E-state index is 10.8. The fourth-order valence-electron chi connectivity index (χ4n) is 0.406. The summed E-state index contributed by atoms with van der Waals surface area (Å²) in [5, 5.41) is 0. The summed E-state index contributed by atoms with van der Waals surface area (Å²) in [4.78, 5) is 29.4. The molecule has 0 rings (SSSR count). The molecular formula is C8H14O5. The van der Waals surface area contributed by atoms with Crippen molar-refractivity contribution in [1.82, 2.24) is 0 Å². The van der Waals surface area contributed by atoms with Gasteiger partial charge in [0.05, 0.1) is 0 Å². The average Bonchev–Trinajstić information content (AvgIpc) is 1.97. The molecule has 0 fully saturated rings. The molecule has 0 amide bonds. The van der Waals surface area contributed by atoms with Crippen LogP contribution in [0.5, 0.6) is 0 Å². The quantitative estimate of drug-likeness (QED) is 0.358. The highest BCUT2D eigenvalue weighted by atomic mass is 17.2. The first kappa shape index (κ1) is 11.7. The van der Waals surface area contributed by atoms with Gasteiger partial charge in [-0.05, 0) is 20.8 Å². The lowest BCUT2D eigenvalue weighted by Crippen LogP contribution is -2.25. The zero-order chi connectivity index (χ0) is 10.5. The number of rotatable bonds is 1. The Hall–Kier alpha value is -1.26. The standard InChI is InChI=1S/C8H14O5/c1-5-6(9)12-13-7(10)11-8(2,3)4/h5H2,1-4H3. The van der Waals surface area contributed by atoms with Crippen LogP contribution in [0.4, 0.5) is 4.79 Å². The second-order valence-corrected chi connectivity index (χ2v) is 3.36. The van der Waals surface area contributed by atoms with Gasteiger partial charge >= 0.3 is 12.1 Å². The lowest BCUT2D eigenvalue weighted by atomic mass is 10.2. The average molecular weight is 190 g/mol. The first-order chi connectivity index (χ1) is 5.85. The van der Waals surface area contributed by atoms with Crippen LogP contribution < -0.4 is 0 Å². The lowest BCUT2D eigenvalue weighted by Gasteiger charge is -2.17. The van der Waals surface area contributed by atoms with Gasteiger partial charge in [0.1, 0.15) is 5.60 Å². The van der Waals surface area contributed by atoms with Crippen LogP contribution in [-0.2, 0) is 19.3 Å². The van der Waals surface area contributed by atoms with Gasteiger partial charge < -0.3 is 4.74 Å². The highest BCUT2D eigenvalue weighted by Gasteiger charge is 2.19. The third kappa shape index (κ3) is 7.11. The molecule has 76 valence electrons. The van der Waals surface area contributed by atoms with Gasteiger partial charge in [0.15, 0.2) is 0 Å². The fourth-order valence-corrected chi connectivity index (χ4v) is 0.406. The summed E-state index contributed by atoms with van der Waals surface area (Å²) >= 11 is 0. The maximum Gasteiger partial charge on any atom is 0.550 e. The summed E-state index contributed by atoms with van der Waals surface area (Å²) in [5.74, 6) is -0.620. The van der Waals surface area contributed by atoms with Crippen LogP contribution in [0, 0.1) is 0 Å². The Balaban J connectivity index is 3.71. The van der Waals surface area contributed by atoms with Crippen LogP contribution in [0.2, 0.25) is 0 Å². The van der Waals surface area contributed by atoms with Crippen molar-refractivity contribution >= 4 is 12.1 Å². The van der Waals surface area contributed by atoms with Crippen molar-refractivity contribution in [3.05, 3.63) is 0 Å². The SMILES string of the molecule is CCC(=O)OOC(=O)OC(C)(C)C. The number of carbonyl (C=O) groups is 2. The van der Waals surface area contributed by atoms with Crippen molar-refractivity contribution in [2.75, 3.05) is 0 Å². The summed E-state index contributed by atoms with van der Waals surface area (Å²) in [6.07, 6.45) is -0.878. The maximum atomic E-state index is 10.8. The molecule has 0 aliphatic rings. The summed E-state index contributed by atoms with van der Waals surface area (Å²) < 4.78 is 4.69. The Morgan fingerprint density at radius 2 is 1.69 bits per heavy atom. The first-order valence-electron chi connectivity index (χ1n) is 3.95. The Labute approximate surface area is 76.9 Å². The third-order valence-electron chi connectivity index (χ3n) is 0.881. The second-order valence-electron chi connectivity index (χ2n) is 3.36. The van der Waals surface area contributed by atoms with Crippen molar-refractivity contribution in [2.45, 2.75) is 39.7 Å². The molecule has 0 heterocycles. The van der Waals surface area contributed by atoms with E-state index in [0.717, 1.165) is 0 Å². The van der Waals surface area contributed by atoms with Crippen molar-refractivity contribution in [3.63, 3.8) is 0 Å². The molecule has 0 saturated carbocycles. The van der Waals surface area contributed by atoms with E-state index in [1.807, 2.05) is 0 Å². The predicted molar refractivity (Wildman–Crippen MR) is 43.7 cm³/mol. The van der Waals surface area contributed by atoms with E-state index in [4.69, 9.17) is 4.74 Å². The van der Waals surface area contributed by atoms with Gasteiger partial charge in [-0.1, -0.05) is 6.92 Å². The van der Waals surface area contributed by atoms with Crippen molar-refractivity contribution in [2.24, 2.45) is 0 Å². The largest absolute Gasteiger partial charge is 0.550 e. The zero-order valence-electron chi connectivity index (χ0n) is 8.25. The highest BCUT2D eigenvalue weighted by molar-refractivity contribution is 5.69. The lowest BCUT2D eigenvalue weighted by molar-refractivity contribution is -0.247. The minimum Gasteiger partial charge on any atom is -0.426 e. The van der Waals surface area contributed by atoms with E-state index < -0.39 is 17.7 Å². The van der Waals surface area contributed by atoms with Crippen LogP contribution >= 0.6 is 0 Å². The van der Waals surface area contributed by atoms with Crippen molar-refractivity contribution in [1.29, 1.82) is 0 Å². The minimum atomic E-state index is -1.02. The molecule has 0 bridgehead atoms. The Morgan fingerprint density at radius 3 is 2.08 bits per heavy atom. The first-order valence-corrected chi connectivity index (χ1v) is 3.95. The molecule has 13 heavy (non-hydrogen) atoms. The number of hydrogen-bond acceptors (Lipinski definition) is 5. The van der Waals surface area contributed by atoms with Gasteiger partial charge in [0, 0.05) is 6.42 Å². The smallest absolute Gasteiger partial charge is 0.426 e. The van der Waals surface area contributed by atoms with Gasteiger partial charge in [-0.3, -0.25) is 0 Å². The third-order valence-corrected chi connectivity index (χ3v) is 0.881. The van der Waals surface area contributed by atoms with Crippen molar-refractivity contribution in [3.8, 4) is 0 Å². The molecular weight excluding hydrogens is 176 g/mol. The summed E-state index contributed by atoms with van der Waals surface area (Å²) in [5.41, 5.74) is -0.657. The summed E-state index contributed by atoms with van der Waals surface area (Å²) in [6, 6.07) is 0. The molecule has 5 nitrogen and oxygen atoms in total. The van der Waals surface area contributed by atoms with Crippen LogP contribution in [0.1, 0.15) is 34.1 Å². The van der Waals surface area contributed by atoms with Gasteiger partial charge in [-0.25, -0.2) is 14.6 Å². The van der Waals surface area contributed by atoms with Crippen LogP contribution in [0.3, 0.4) is 0 Å². The summed E-state index contributed by atoms with van der Waals surface area (Å²) in [7, 11) is 0. The van der Waals surface area contributed by atoms with E-state index in [1.165, 1.54) is 0 Å². The van der Waals surface area contributed by atoms with Gasteiger partial charge in [0.2, 0.25) is 0 Å². The normalized spacial score (nSPS) is 10.5. The van der Waals surface area contributed by atoms with Crippen molar-refractivity contribution < 1.29 is 24.1 Å². The molecule has 0 aliphatic carbocycles. The fraction of sp³-hybridized carbons (Fsp3) is 0.750. The van der Waals surface area contributed by atoms with Gasteiger partial charge in [-0.15, -0.1) is 0 Å². The molecule has 0 aromatic heterocycles. The van der Waals surface area contributed by atoms with E-state index in [0.29, 0.717) is 0 Å². The zero-order valence-corrected chi connectivity index (χ0v) is 8.25. The van der Waals surface area contributed by atoms with Gasteiger partial charge in [0.25, 0.3) is 0 Å². The molecule has 0 aromatic rings. The van der Waals surface area contributed by atoms with E-state index in [9.17, 15) is 9.59 Å². The highest BCUT2D eigenvalue weighted by Crippen LogP contribution is 2.08. The van der Waals surface area contributed by atoms with E-state index >= 15 is 0 Å². The molecule has 5 heteroatoms. The molecule has 0 spiro atoms. The Morgan fingerprint density at radius 1 is 1.15 bits per heavy atom. The topological polar surface area (TPSA) is 61.8 Å².